The number of fused-ring (bicyclic) bond motifs is 1. The molecule has 1 atom stereocenters. The van der Waals surface area contributed by atoms with Crippen molar-refractivity contribution in [3.63, 3.8) is 0 Å². The van der Waals surface area contributed by atoms with E-state index in [1.807, 2.05) is 24.3 Å². The fourth-order valence-electron chi connectivity index (χ4n) is 2.27. The second-order valence-corrected chi connectivity index (χ2v) is 5.42. The maximum Gasteiger partial charge on any atom is 0.146 e. The van der Waals surface area contributed by atoms with Gasteiger partial charge < -0.3 is 9.47 Å². The molecule has 0 aliphatic heterocycles. The number of ether oxygens (including phenoxy) is 2. The highest BCUT2D eigenvalue weighted by Crippen LogP contribution is 2.34. The summed E-state index contributed by atoms with van der Waals surface area (Å²) in [5, 5.41) is 11.2. The zero-order chi connectivity index (χ0) is 14.7. The molecule has 0 saturated heterocycles. The number of benzene rings is 1. The molecule has 1 saturated carbocycles. The van der Waals surface area contributed by atoms with Gasteiger partial charge in [0.25, 0.3) is 0 Å². The van der Waals surface area contributed by atoms with Crippen LogP contribution in [0.1, 0.15) is 12.8 Å². The van der Waals surface area contributed by atoms with Gasteiger partial charge in [-0.25, -0.2) is 4.98 Å². The van der Waals surface area contributed by atoms with Crippen LogP contribution in [0.4, 0.5) is 0 Å². The lowest BCUT2D eigenvalue weighted by molar-refractivity contribution is 0.0534. The molecule has 1 unspecified atom stereocenters. The van der Waals surface area contributed by atoms with Crippen LogP contribution >= 0.6 is 11.6 Å². The smallest absolute Gasteiger partial charge is 0.146 e. The number of halogens is 1. The molecule has 1 heterocycles. The van der Waals surface area contributed by atoms with E-state index in [2.05, 4.69) is 11.1 Å². The Hall–Kier alpha value is -1.83. The van der Waals surface area contributed by atoms with Crippen molar-refractivity contribution in [2.75, 3.05) is 13.2 Å². The fraction of sp³-hybridized carbons (Fsp3) is 0.375. The van der Waals surface area contributed by atoms with Gasteiger partial charge >= 0.3 is 0 Å². The van der Waals surface area contributed by atoms with Crippen LogP contribution in [0.25, 0.3) is 10.8 Å². The van der Waals surface area contributed by atoms with Gasteiger partial charge in [0.05, 0.1) is 12.7 Å². The average Bonchev–Trinajstić information content (AvgIpc) is 3.33. The van der Waals surface area contributed by atoms with E-state index in [1.54, 1.807) is 6.20 Å². The lowest BCUT2D eigenvalue weighted by atomic mass is 10.1. The molecule has 4 nitrogen and oxygen atoms in total. The summed E-state index contributed by atoms with van der Waals surface area (Å²) in [4.78, 5) is 4.05. The van der Waals surface area contributed by atoms with Gasteiger partial charge in [0.1, 0.15) is 23.6 Å². The molecule has 0 amide bonds. The highest BCUT2D eigenvalue weighted by molar-refractivity contribution is 6.34. The minimum atomic E-state index is -0.292. The molecule has 1 aliphatic carbocycles. The third-order valence-corrected chi connectivity index (χ3v) is 3.83. The van der Waals surface area contributed by atoms with Crippen molar-refractivity contribution in [1.82, 2.24) is 4.98 Å². The monoisotopic (exact) mass is 302 g/mol. The molecule has 1 fully saturated rings. The Bertz CT molecular complexity index is 680. The van der Waals surface area contributed by atoms with E-state index in [-0.39, 0.29) is 6.10 Å². The summed E-state index contributed by atoms with van der Waals surface area (Å²) in [5.41, 5.74) is 0. The van der Waals surface area contributed by atoms with Crippen LogP contribution in [0.3, 0.4) is 0 Å². The second-order valence-electron chi connectivity index (χ2n) is 5.06. The third-order valence-electron chi connectivity index (χ3n) is 3.53. The first kappa shape index (κ1) is 14.1. The molecular weight excluding hydrogens is 288 g/mol. The molecule has 3 rings (SSSR count). The number of nitrogens with zero attached hydrogens (tertiary/aromatic N) is 2. The lowest BCUT2D eigenvalue weighted by Gasteiger charge is -2.12. The van der Waals surface area contributed by atoms with E-state index < -0.39 is 0 Å². The van der Waals surface area contributed by atoms with Crippen LogP contribution < -0.4 is 4.74 Å². The Kier molecular flexibility index (Phi) is 4.23. The zero-order valence-corrected chi connectivity index (χ0v) is 12.2. The second kappa shape index (κ2) is 6.30. The summed E-state index contributed by atoms with van der Waals surface area (Å²) in [6.45, 7) is 0.813. The predicted molar refractivity (Wildman–Crippen MR) is 80.3 cm³/mol. The Morgan fingerprint density at radius 1 is 1.29 bits per heavy atom. The van der Waals surface area contributed by atoms with E-state index in [1.165, 1.54) is 0 Å². The molecule has 0 radical (unpaired) electrons. The van der Waals surface area contributed by atoms with E-state index in [9.17, 15) is 0 Å². The molecule has 108 valence electrons. The van der Waals surface area contributed by atoms with Crippen LogP contribution in [0.15, 0.2) is 30.5 Å². The molecule has 0 N–H and O–H groups in total. The van der Waals surface area contributed by atoms with Gasteiger partial charge in [-0.05, 0) is 30.9 Å². The minimum absolute atomic E-state index is 0.292. The Morgan fingerprint density at radius 2 is 2.14 bits per heavy atom. The van der Waals surface area contributed by atoms with E-state index in [4.69, 9.17) is 26.3 Å². The van der Waals surface area contributed by atoms with Crippen molar-refractivity contribution in [2.45, 2.75) is 18.9 Å². The highest BCUT2D eigenvalue weighted by atomic mass is 35.5. The van der Waals surface area contributed by atoms with Crippen molar-refractivity contribution in [3.05, 3.63) is 35.6 Å². The highest BCUT2D eigenvalue weighted by Gasteiger charge is 2.31. The SMILES string of the molecule is N#CC(OCCOc1cccc2c(Cl)nccc12)C1CC1. The standard InChI is InChI=1S/C16H15ClN2O2/c17-16-13-2-1-3-14(12(13)6-7-19-16)20-8-9-21-15(10-18)11-4-5-11/h1-3,6-7,11,15H,4-5,8-9H2. The molecule has 21 heavy (non-hydrogen) atoms. The molecule has 0 bridgehead atoms. The maximum atomic E-state index is 8.99. The van der Waals surface area contributed by atoms with Gasteiger partial charge in [-0.15, -0.1) is 0 Å². The number of pyridine rings is 1. The number of hydrogen-bond donors (Lipinski definition) is 0. The van der Waals surface area contributed by atoms with Crippen molar-refractivity contribution in [1.29, 1.82) is 5.26 Å². The largest absolute Gasteiger partial charge is 0.491 e. The van der Waals surface area contributed by atoms with Crippen molar-refractivity contribution >= 4 is 22.4 Å². The van der Waals surface area contributed by atoms with Gasteiger partial charge in [0, 0.05) is 17.0 Å². The van der Waals surface area contributed by atoms with Crippen molar-refractivity contribution in [2.24, 2.45) is 5.92 Å². The quantitative estimate of drug-likeness (QED) is 0.604. The van der Waals surface area contributed by atoms with Crippen molar-refractivity contribution in [3.8, 4) is 11.8 Å². The molecule has 1 aromatic heterocycles. The summed E-state index contributed by atoms with van der Waals surface area (Å²) < 4.78 is 11.3. The number of aromatic nitrogens is 1. The minimum Gasteiger partial charge on any atom is -0.491 e. The summed E-state index contributed by atoms with van der Waals surface area (Å²) in [7, 11) is 0. The van der Waals surface area contributed by atoms with Crippen LogP contribution in [0, 0.1) is 17.2 Å². The Balaban J connectivity index is 1.60. The normalized spacial score (nSPS) is 15.6. The molecule has 5 heteroatoms. The summed E-state index contributed by atoms with van der Waals surface area (Å²) >= 11 is 6.07. The van der Waals surface area contributed by atoms with Gasteiger partial charge in [-0.1, -0.05) is 23.7 Å². The fourth-order valence-corrected chi connectivity index (χ4v) is 2.49. The van der Waals surface area contributed by atoms with Crippen LogP contribution in [0.5, 0.6) is 5.75 Å². The molecule has 1 aromatic carbocycles. The summed E-state index contributed by atoms with van der Waals surface area (Å²) in [6, 6.07) is 9.75. The van der Waals surface area contributed by atoms with Crippen LogP contribution in [0.2, 0.25) is 5.15 Å². The first-order valence-electron chi connectivity index (χ1n) is 6.97. The zero-order valence-electron chi connectivity index (χ0n) is 11.5. The Morgan fingerprint density at radius 3 is 2.90 bits per heavy atom. The summed E-state index contributed by atoms with van der Waals surface area (Å²) in [5.74, 6) is 1.16. The Labute approximate surface area is 128 Å². The molecular formula is C16H15ClN2O2. The van der Waals surface area contributed by atoms with Crippen molar-refractivity contribution < 1.29 is 9.47 Å². The first-order valence-corrected chi connectivity index (χ1v) is 7.34. The first-order chi connectivity index (χ1) is 10.3. The topological polar surface area (TPSA) is 55.1 Å². The maximum absolute atomic E-state index is 8.99. The van der Waals surface area contributed by atoms with Gasteiger partial charge in [0.2, 0.25) is 0 Å². The number of rotatable bonds is 6. The average molecular weight is 303 g/mol. The van der Waals surface area contributed by atoms with E-state index in [0.717, 1.165) is 29.4 Å². The predicted octanol–water partition coefficient (Wildman–Crippen LogP) is 3.59. The van der Waals surface area contributed by atoms with Gasteiger partial charge in [-0.2, -0.15) is 5.26 Å². The van der Waals surface area contributed by atoms with Gasteiger partial charge in [-0.3, -0.25) is 0 Å². The van der Waals surface area contributed by atoms with E-state index >= 15 is 0 Å². The van der Waals surface area contributed by atoms with E-state index in [0.29, 0.717) is 24.3 Å². The van der Waals surface area contributed by atoms with Crippen LogP contribution in [-0.4, -0.2) is 24.3 Å². The number of nitriles is 1. The van der Waals surface area contributed by atoms with Crippen LogP contribution in [-0.2, 0) is 4.74 Å². The molecule has 0 spiro atoms. The lowest BCUT2D eigenvalue weighted by Crippen LogP contribution is -2.17. The number of hydrogen-bond acceptors (Lipinski definition) is 4. The van der Waals surface area contributed by atoms with Gasteiger partial charge in [0.15, 0.2) is 0 Å². The summed E-state index contributed by atoms with van der Waals surface area (Å²) in [6.07, 6.45) is 3.55. The molecule has 2 aromatic rings. The third kappa shape index (κ3) is 3.26. The molecule has 1 aliphatic rings.